The van der Waals surface area contributed by atoms with Crippen LogP contribution in [0.5, 0.6) is 0 Å². The molecule has 0 aliphatic carbocycles. The number of hydrogen-bond acceptors (Lipinski definition) is 2. The second-order valence-electron chi connectivity index (χ2n) is 11.8. The van der Waals surface area contributed by atoms with Crippen LogP contribution < -0.4 is 0 Å². The van der Waals surface area contributed by atoms with Crippen LogP contribution in [0.25, 0.3) is 83.0 Å². The van der Waals surface area contributed by atoms with Gasteiger partial charge in [-0.1, -0.05) is 133 Å². The summed E-state index contributed by atoms with van der Waals surface area (Å²) in [6.07, 6.45) is 3.75. The Hall–Kier alpha value is -6.32. The molecule has 0 spiro atoms. The summed E-state index contributed by atoms with van der Waals surface area (Å²) in [5.41, 5.74) is 11.3. The minimum Gasteiger partial charge on any atom is -0.292 e. The average molecular weight is 600 g/mol. The SMILES string of the molecule is c1ccc(-c2nc3ccccc3n2-c2ccccc2-c2c3ccccc3c(-c3cccc(-c4cccnc4)c3)c3ccccc23)cc1. The monoisotopic (exact) mass is 599 g/mol. The Kier molecular flexibility index (Phi) is 6.46. The molecule has 0 aliphatic heterocycles. The first-order valence-electron chi connectivity index (χ1n) is 15.9. The number of fused-ring (bicyclic) bond motifs is 3. The lowest BCUT2D eigenvalue weighted by Gasteiger charge is -2.21. The van der Waals surface area contributed by atoms with E-state index in [4.69, 9.17) is 4.98 Å². The summed E-state index contributed by atoms with van der Waals surface area (Å²) in [7, 11) is 0. The summed E-state index contributed by atoms with van der Waals surface area (Å²) in [5, 5.41) is 4.87. The number of nitrogens with zero attached hydrogens (tertiary/aromatic N) is 3. The Morgan fingerprint density at radius 1 is 0.426 bits per heavy atom. The van der Waals surface area contributed by atoms with Crippen LogP contribution in [-0.2, 0) is 0 Å². The zero-order chi connectivity index (χ0) is 31.2. The van der Waals surface area contributed by atoms with E-state index in [-0.39, 0.29) is 0 Å². The Labute approximate surface area is 273 Å². The van der Waals surface area contributed by atoms with Crippen molar-refractivity contribution < 1.29 is 0 Å². The first-order valence-corrected chi connectivity index (χ1v) is 15.9. The molecule has 0 saturated heterocycles. The highest BCUT2D eigenvalue weighted by Crippen LogP contribution is 2.46. The molecule has 0 amide bonds. The fourth-order valence-electron chi connectivity index (χ4n) is 7.05. The summed E-state index contributed by atoms with van der Waals surface area (Å²) in [5.74, 6) is 0.927. The normalized spacial score (nSPS) is 11.4. The third-order valence-corrected chi connectivity index (χ3v) is 9.08. The maximum atomic E-state index is 5.16. The number of imidazole rings is 1. The van der Waals surface area contributed by atoms with Gasteiger partial charge in [0, 0.05) is 29.1 Å². The van der Waals surface area contributed by atoms with E-state index in [1.165, 1.54) is 38.2 Å². The topological polar surface area (TPSA) is 30.7 Å². The van der Waals surface area contributed by atoms with Crippen LogP contribution in [0.1, 0.15) is 0 Å². The zero-order valence-electron chi connectivity index (χ0n) is 25.6. The summed E-state index contributed by atoms with van der Waals surface area (Å²) in [6, 6.07) is 58.3. The molecule has 0 aliphatic rings. The van der Waals surface area contributed by atoms with Crippen molar-refractivity contribution in [3.8, 4) is 50.5 Å². The number of rotatable bonds is 5. The van der Waals surface area contributed by atoms with E-state index < -0.39 is 0 Å². The second-order valence-corrected chi connectivity index (χ2v) is 11.8. The largest absolute Gasteiger partial charge is 0.292 e. The van der Waals surface area contributed by atoms with Crippen molar-refractivity contribution in [2.75, 3.05) is 0 Å². The Balaban J connectivity index is 1.36. The average Bonchev–Trinajstić information content (AvgIpc) is 3.54. The summed E-state index contributed by atoms with van der Waals surface area (Å²) in [4.78, 5) is 9.54. The van der Waals surface area contributed by atoms with Gasteiger partial charge in [0.15, 0.2) is 0 Å². The third kappa shape index (κ3) is 4.52. The number of hydrogen-bond donors (Lipinski definition) is 0. The van der Waals surface area contributed by atoms with Crippen molar-refractivity contribution >= 4 is 32.6 Å². The van der Waals surface area contributed by atoms with Gasteiger partial charge in [-0.05, 0) is 74.1 Å². The van der Waals surface area contributed by atoms with Gasteiger partial charge in [0.05, 0.1) is 16.7 Å². The van der Waals surface area contributed by atoms with Gasteiger partial charge in [-0.3, -0.25) is 9.55 Å². The number of aromatic nitrogens is 3. The Bertz CT molecular complexity index is 2510. The van der Waals surface area contributed by atoms with Gasteiger partial charge in [0.2, 0.25) is 0 Å². The molecule has 0 atom stereocenters. The van der Waals surface area contributed by atoms with Gasteiger partial charge in [0.1, 0.15) is 5.82 Å². The molecule has 2 heterocycles. The van der Waals surface area contributed by atoms with Gasteiger partial charge in [-0.25, -0.2) is 4.98 Å². The molecule has 9 rings (SSSR count). The molecule has 3 heteroatoms. The lowest BCUT2D eigenvalue weighted by molar-refractivity contribution is 1.10. The van der Waals surface area contributed by atoms with Crippen LogP contribution in [-0.4, -0.2) is 14.5 Å². The lowest BCUT2D eigenvalue weighted by atomic mass is 9.85. The highest BCUT2D eigenvalue weighted by atomic mass is 15.1. The number of benzene rings is 7. The highest BCUT2D eigenvalue weighted by Gasteiger charge is 2.21. The van der Waals surface area contributed by atoms with Crippen LogP contribution in [0.2, 0.25) is 0 Å². The molecule has 7 aromatic carbocycles. The van der Waals surface area contributed by atoms with Crippen molar-refractivity contribution in [3.63, 3.8) is 0 Å². The van der Waals surface area contributed by atoms with E-state index in [0.717, 1.165) is 44.8 Å². The molecule has 0 saturated carbocycles. The predicted molar refractivity (Wildman–Crippen MR) is 196 cm³/mol. The molecule has 2 aromatic heterocycles. The summed E-state index contributed by atoms with van der Waals surface area (Å²) in [6.45, 7) is 0. The standard InChI is InChI=1S/C44H29N3/c1-2-14-30(15-3-1)44-46-39-24-9-11-26-41(39)47(44)40-25-10-8-23-38(40)43-36-21-6-4-19-34(36)42(35-20-5-7-22-37(35)43)32-17-12-16-31(28-32)33-18-13-27-45-29-33/h1-29H. The first kappa shape index (κ1) is 27.0. The van der Waals surface area contributed by atoms with Crippen molar-refractivity contribution in [2.45, 2.75) is 0 Å². The molecule has 47 heavy (non-hydrogen) atoms. The molecule has 0 radical (unpaired) electrons. The van der Waals surface area contributed by atoms with Crippen molar-refractivity contribution in [1.82, 2.24) is 14.5 Å². The minimum absolute atomic E-state index is 0.927. The molecule has 0 N–H and O–H groups in total. The number of pyridine rings is 1. The first-order chi connectivity index (χ1) is 23.3. The van der Waals surface area contributed by atoms with Crippen LogP contribution in [0.15, 0.2) is 176 Å². The summed E-state index contributed by atoms with van der Waals surface area (Å²) >= 11 is 0. The Morgan fingerprint density at radius 3 is 1.77 bits per heavy atom. The van der Waals surface area contributed by atoms with Gasteiger partial charge in [-0.15, -0.1) is 0 Å². The molecule has 220 valence electrons. The van der Waals surface area contributed by atoms with Gasteiger partial charge in [0.25, 0.3) is 0 Å². The van der Waals surface area contributed by atoms with Crippen LogP contribution >= 0.6 is 0 Å². The molecular formula is C44H29N3. The van der Waals surface area contributed by atoms with E-state index in [2.05, 4.69) is 167 Å². The Morgan fingerprint density at radius 2 is 1.02 bits per heavy atom. The molecular weight excluding hydrogens is 571 g/mol. The molecule has 3 nitrogen and oxygen atoms in total. The molecule has 0 bridgehead atoms. The zero-order valence-corrected chi connectivity index (χ0v) is 25.6. The molecule has 0 unspecified atom stereocenters. The van der Waals surface area contributed by atoms with Crippen molar-refractivity contribution in [1.29, 1.82) is 0 Å². The lowest BCUT2D eigenvalue weighted by Crippen LogP contribution is -2.01. The van der Waals surface area contributed by atoms with Crippen molar-refractivity contribution in [3.05, 3.63) is 176 Å². The highest BCUT2D eigenvalue weighted by molar-refractivity contribution is 6.22. The maximum absolute atomic E-state index is 5.16. The maximum Gasteiger partial charge on any atom is 0.145 e. The van der Waals surface area contributed by atoms with Crippen molar-refractivity contribution in [2.24, 2.45) is 0 Å². The van der Waals surface area contributed by atoms with Crippen LogP contribution in [0.4, 0.5) is 0 Å². The van der Waals surface area contributed by atoms with E-state index in [0.29, 0.717) is 0 Å². The van der Waals surface area contributed by atoms with Crippen LogP contribution in [0, 0.1) is 0 Å². The summed E-state index contributed by atoms with van der Waals surface area (Å²) < 4.78 is 2.33. The third-order valence-electron chi connectivity index (χ3n) is 9.08. The van der Waals surface area contributed by atoms with Gasteiger partial charge < -0.3 is 0 Å². The van der Waals surface area contributed by atoms with E-state index >= 15 is 0 Å². The van der Waals surface area contributed by atoms with E-state index in [1.807, 2.05) is 18.5 Å². The van der Waals surface area contributed by atoms with Crippen LogP contribution in [0.3, 0.4) is 0 Å². The fourth-order valence-corrected chi connectivity index (χ4v) is 7.05. The van der Waals surface area contributed by atoms with E-state index in [9.17, 15) is 0 Å². The van der Waals surface area contributed by atoms with Gasteiger partial charge >= 0.3 is 0 Å². The quantitative estimate of drug-likeness (QED) is 0.184. The minimum atomic E-state index is 0.927. The number of para-hydroxylation sites is 3. The predicted octanol–water partition coefficient (Wildman–Crippen LogP) is 11.4. The fraction of sp³-hybridized carbons (Fsp3) is 0. The van der Waals surface area contributed by atoms with E-state index in [1.54, 1.807) is 0 Å². The smallest absolute Gasteiger partial charge is 0.145 e. The van der Waals surface area contributed by atoms with Gasteiger partial charge in [-0.2, -0.15) is 0 Å². The molecule has 0 fully saturated rings. The second kappa shape index (κ2) is 11.2. The molecule has 9 aromatic rings.